The van der Waals surface area contributed by atoms with Crippen molar-refractivity contribution >= 4 is 23.3 Å². The van der Waals surface area contributed by atoms with Crippen LogP contribution in [0.5, 0.6) is 0 Å². The minimum atomic E-state index is -0.278. The molecule has 35 heavy (non-hydrogen) atoms. The maximum absolute atomic E-state index is 13.1. The van der Waals surface area contributed by atoms with E-state index >= 15 is 0 Å². The largest absolute Gasteiger partial charge is 0.338 e. The molecule has 0 N–H and O–H groups in total. The van der Waals surface area contributed by atoms with E-state index < -0.39 is 0 Å². The average Bonchev–Trinajstić information content (AvgIpc) is 3.54. The van der Waals surface area contributed by atoms with Crippen LogP contribution in [0.4, 0.5) is 4.39 Å². The van der Waals surface area contributed by atoms with E-state index in [4.69, 9.17) is 4.52 Å². The predicted molar refractivity (Wildman–Crippen MR) is 133 cm³/mol. The highest BCUT2D eigenvalue weighted by Gasteiger charge is 2.21. The van der Waals surface area contributed by atoms with Gasteiger partial charge in [-0.05, 0) is 37.3 Å². The quantitative estimate of drug-likeness (QED) is 0.367. The van der Waals surface area contributed by atoms with Crippen molar-refractivity contribution in [3.8, 4) is 22.0 Å². The number of hydrogen-bond donors (Lipinski definition) is 0. The molecule has 0 atom stereocenters. The molecule has 0 spiro atoms. The van der Waals surface area contributed by atoms with Crippen LogP contribution in [-0.4, -0.2) is 57.0 Å². The second-order valence-electron chi connectivity index (χ2n) is 8.40. The lowest BCUT2D eigenvalue weighted by Crippen LogP contribution is -2.47. The molecule has 0 bridgehead atoms. The van der Waals surface area contributed by atoms with E-state index in [0.29, 0.717) is 37.0 Å². The van der Waals surface area contributed by atoms with Crippen molar-refractivity contribution in [2.75, 3.05) is 26.2 Å². The molecule has 4 aromatic rings. The number of amides is 1. The Kier molecular flexibility index (Phi) is 6.78. The van der Waals surface area contributed by atoms with Crippen molar-refractivity contribution in [3.05, 3.63) is 83.0 Å². The minimum Gasteiger partial charge on any atom is -0.338 e. The molecule has 1 fully saturated rings. The summed E-state index contributed by atoms with van der Waals surface area (Å²) in [7, 11) is 0. The number of rotatable bonds is 6. The minimum absolute atomic E-state index is 0.0413. The van der Waals surface area contributed by atoms with Crippen LogP contribution < -0.4 is 0 Å². The van der Waals surface area contributed by atoms with E-state index in [2.05, 4.69) is 20.0 Å². The Bertz CT molecular complexity index is 1320. The SMILES string of the molecule is Cc1ccc(-c2noc(CN3CCN(C(=O)C=Cc4csc(-c5ccc(F)cc5)n4)CC3)n2)cc1. The molecule has 2 aromatic carbocycles. The molecule has 0 saturated carbocycles. The molecular weight excluding hydrogens is 465 g/mol. The first-order chi connectivity index (χ1) is 17.0. The molecule has 1 aliphatic rings. The van der Waals surface area contributed by atoms with E-state index in [1.165, 1.54) is 29.0 Å². The number of hydrogen-bond acceptors (Lipinski definition) is 7. The Labute approximate surface area is 206 Å². The van der Waals surface area contributed by atoms with Gasteiger partial charge in [-0.3, -0.25) is 9.69 Å². The summed E-state index contributed by atoms with van der Waals surface area (Å²) in [5.74, 6) is 0.838. The Hall–Kier alpha value is -3.69. The smallest absolute Gasteiger partial charge is 0.246 e. The molecule has 5 rings (SSSR count). The van der Waals surface area contributed by atoms with Crippen LogP contribution in [0.1, 0.15) is 17.1 Å². The second kappa shape index (κ2) is 10.3. The average molecular weight is 490 g/mol. The van der Waals surface area contributed by atoms with E-state index in [-0.39, 0.29) is 11.7 Å². The van der Waals surface area contributed by atoms with Gasteiger partial charge in [-0.25, -0.2) is 9.37 Å². The number of thiazole rings is 1. The maximum atomic E-state index is 13.1. The summed E-state index contributed by atoms with van der Waals surface area (Å²) >= 11 is 1.46. The Morgan fingerprint density at radius 1 is 1.03 bits per heavy atom. The molecule has 0 aliphatic carbocycles. The summed E-state index contributed by atoms with van der Waals surface area (Å²) in [4.78, 5) is 25.7. The van der Waals surface area contributed by atoms with E-state index in [1.54, 1.807) is 24.3 Å². The first-order valence-electron chi connectivity index (χ1n) is 11.3. The fraction of sp³-hybridized carbons (Fsp3) is 0.231. The van der Waals surface area contributed by atoms with E-state index in [1.807, 2.05) is 41.5 Å². The van der Waals surface area contributed by atoms with Gasteiger partial charge in [-0.15, -0.1) is 11.3 Å². The van der Waals surface area contributed by atoms with Crippen LogP contribution in [0.25, 0.3) is 28.0 Å². The predicted octanol–water partition coefficient (Wildman–Crippen LogP) is 4.67. The first kappa shape index (κ1) is 23.1. The van der Waals surface area contributed by atoms with Gasteiger partial charge in [-0.2, -0.15) is 4.98 Å². The van der Waals surface area contributed by atoms with Crippen LogP contribution >= 0.6 is 11.3 Å². The molecule has 3 heterocycles. The van der Waals surface area contributed by atoms with Gasteiger partial charge in [0.05, 0.1) is 12.2 Å². The first-order valence-corrected chi connectivity index (χ1v) is 12.2. The normalized spacial score (nSPS) is 14.6. The molecule has 2 aromatic heterocycles. The fourth-order valence-corrected chi connectivity index (χ4v) is 4.60. The molecule has 1 aliphatic heterocycles. The van der Waals surface area contributed by atoms with Crippen molar-refractivity contribution < 1.29 is 13.7 Å². The Morgan fingerprint density at radius 3 is 2.49 bits per heavy atom. The molecule has 1 saturated heterocycles. The number of benzene rings is 2. The summed E-state index contributed by atoms with van der Waals surface area (Å²) in [6.45, 7) is 5.30. The van der Waals surface area contributed by atoms with Crippen molar-refractivity contribution in [1.82, 2.24) is 24.9 Å². The van der Waals surface area contributed by atoms with Gasteiger partial charge in [0.15, 0.2) is 0 Å². The van der Waals surface area contributed by atoms with Crippen molar-refractivity contribution in [2.24, 2.45) is 0 Å². The molecule has 178 valence electrons. The fourth-order valence-electron chi connectivity index (χ4n) is 3.81. The number of carbonyl (C=O) groups is 1. The molecule has 1 amide bonds. The van der Waals surface area contributed by atoms with Gasteiger partial charge in [0.25, 0.3) is 0 Å². The summed E-state index contributed by atoms with van der Waals surface area (Å²) in [5.41, 5.74) is 3.67. The van der Waals surface area contributed by atoms with Crippen LogP contribution in [-0.2, 0) is 11.3 Å². The zero-order chi connectivity index (χ0) is 24.2. The molecule has 0 radical (unpaired) electrons. The van der Waals surface area contributed by atoms with Gasteiger partial charge in [-0.1, -0.05) is 35.0 Å². The summed E-state index contributed by atoms with van der Waals surface area (Å²) in [6, 6.07) is 14.2. The summed E-state index contributed by atoms with van der Waals surface area (Å²) in [6.07, 6.45) is 3.29. The Balaban J connectivity index is 1.12. The molecule has 0 unspecified atom stereocenters. The Morgan fingerprint density at radius 2 is 1.74 bits per heavy atom. The lowest BCUT2D eigenvalue weighted by molar-refractivity contribution is -0.127. The van der Waals surface area contributed by atoms with E-state index in [0.717, 1.165) is 29.2 Å². The van der Waals surface area contributed by atoms with Crippen molar-refractivity contribution in [2.45, 2.75) is 13.5 Å². The van der Waals surface area contributed by atoms with Crippen LogP contribution in [0.3, 0.4) is 0 Å². The standard InChI is InChI=1S/C26H24FN5O2S/c1-18-2-4-19(5-3-18)25-29-23(34-30-25)16-31-12-14-32(15-13-31)24(33)11-10-22-17-35-26(28-22)20-6-8-21(27)9-7-20/h2-11,17H,12-16H2,1H3. The van der Waals surface area contributed by atoms with Crippen LogP contribution in [0.15, 0.2) is 64.5 Å². The van der Waals surface area contributed by atoms with Crippen LogP contribution in [0.2, 0.25) is 0 Å². The van der Waals surface area contributed by atoms with Gasteiger partial charge in [0.2, 0.25) is 17.6 Å². The van der Waals surface area contributed by atoms with Gasteiger partial charge in [0.1, 0.15) is 10.8 Å². The second-order valence-corrected chi connectivity index (χ2v) is 9.26. The van der Waals surface area contributed by atoms with Gasteiger partial charge in [0, 0.05) is 48.8 Å². The third-order valence-electron chi connectivity index (χ3n) is 5.83. The van der Waals surface area contributed by atoms with Crippen molar-refractivity contribution in [1.29, 1.82) is 0 Å². The molecule has 7 nitrogen and oxygen atoms in total. The highest BCUT2D eigenvalue weighted by atomic mass is 32.1. The van der Waals surface area contributed by atoms with Gasteiger partial charge < -0.3 is 9.42 Å². The zero-order valence-corrected chi connectivity index (χ0v) is 20.0. The lowest BCUT2D eigenvalue weighted by Gasteiger charge is -2.33. The number of piperazine rings is 1. The molecule has 9 heteroatoms. The monoisotopic (exact) mass is 489 g/mol. The topological polar surface area (TPSA) is 75.4 Å². The molecular formula is C26H24FN5O2S. The number of aromatic nitrogens is 3. The maximum Gasteiger partial charge on any atom is 0.246 e. The number of aryl methyl sites for hydroxylation is 1. The third kappa shape index (κ3) is 5.70. The number of nitrogens with zero attached hydrogens (tertiary/aromatic N) is 5. The van der Waals surface area contributed by atoms with E-state index in [9.17, 15) is 9.18 Å². The van der Waals surface area contributed by atoms with Crippen LogP contribution in [0, 0.1) is 12.7 Å². The third-order valence-corrected chi connectivity index (χ3v) is 6.74. The summed E-state index contributed by atoms with van der Waals surface area (Å²) in [5, 5.41) is 6.77. The highest BCUT2D eigenvalue weighted by molar-refractivity contribution is 7.13. The zero-order valence-electron chi connectivity index (χ0n) is 19.2. The lowest BCUT2D eigenvalue weighted by atomic mass is 10.1. The van der Waals surface area contributed by atoms with Crippen molar-refractivity contribution in [3.63, 3.8) is 0 Å². The number of halogens is 1. The number of carbonyl (C=O) groups excluding carboxylic acids is 1. The van der Waals surface area contributed by atoms with Gasteiger partial charge >= 0.3 is 0 Å². The summed E-state index contributed by atoms with van der Waals surface area (Å²) < 4.78 is 18.6. The highest BCUT2D eigenvalue weighted by Crippen LogP contribution is 2.24.